The summed E-state index contributed by atoms with van der Waals surface area (Å²) in [6.07, 6.45) is 3.56. The number of thiophene rings is 1. The summed E-state index contributed by atoms with van der Waals surface area (Å²) in [7, 11) is 0. The van der Waals surface area contributed by atoms with Gasteiger partial charge >= 0.3 is 0 Å². The van der Waals surface area contributed by atoms with Gasteiger partial charge in [-0.15, -0.1) is 11.3 Å². The van der Waals surface area contributed by atoms with Crippen molar-refractivity contribution in [2.45, 2.75) is 18.9 Å². The lowest BCUT2D eigenvalue weighted by Crippen LogP contribution is -2.41. The van der Waals surface area contributed by atoms with Gasteiger partial charge < -0.3 is 10.0 Å². The number of carbonyl (C=O) groups excluding carboxylic acids is 2. The molecule has 0 radical (unpaired) electrons. The molecule has 146 valence electrons. The van der Waals surface area contributed by atoms with Crippen molar-refractivity contribution in [1.82, 2.24) is 0 Å². The molecule has 29 heavy (non-hydrogen) atoms. The second kappa shape index (κ2) is 7.78. The van der Waals surface area contributed by atoms with Crippen LogP contribution >= 0.6 is 11.3 Å². The molecule has 1 atom stereocenters. The van der Waals surface area contributed by atoms with Crippen LogP contribution in [-0.2, 0) is 10.4 Å². The number of aryl methyl sites for hydroxylation is 1. The minimum absolute atomic E-state index is 0.226. The number of fused-ring (bicyclic) bond motifs is 1. The first kappa shape index (κ1) is 19.3. The van der Waals surface area contributed by atoms with Gasteiger partial charge in [0.1, 0.15) is 0 Å². The number of nitrogens with zero attached hydrogens (tertiary/aromatic N) is 1. The zero-order chi connectivity index (χ0) is 20.4. The second-order valence-corrected chi connectivity index (χ2v) is 8.40. The molecule has 1 aliphatic heterocycles. The summed E-state index contributed by atoms with van der Waals surface area (Å²) >= 11 is 1.38. The van der Waals surface area contributed by atoms with Gasteiger partial charge in [-0.2, -0.15) is 0 Å². The predicted molar refractivity (Wildman–Crippen MR) is 116 cm³/mol. The number of hydrogen-bond acceptors (Lipinski definition) is 4. The van der Waals surface area contributed by atoms with E-state index in [-0.39, 0.29) is 12.2 Å². The summed E-state index contributed by atoms with van der Waals surface area (Å²) in [6.45, 7) is 2.24. The largest absolute Gasteiger partial charge is 0.375 e. The Balaban J connectivity index is 1.60. The van der Waals surface area contributed by atoms with Crippen LogP contribution in [0.25, 0.3) is 6.08 Å². The van der Waals surface area contributed by atoms with Crippen LogP contribution < -0.4 is 4.90 Å². The Morgan fingerprint density at radius 2 is 1.79 bits per heavy atom. The van der Waals surface area contributed by atoms with Crippen LogP contribution in [0.1, 0.15) is 32.1 Å². The molecule has 0 spiro atoms. The van der Waals surface area contributed by atoms with Crippen molar-refractivity contribution in [2.24, 2.45) is 0 Å². The lowest BCUT2D eigenvalue weighted by Gasteiger charge is -2.22. The van der Waals surface area contributed by atoms with E-state index in [1.165, 1.54) is 11.3 Å². The maximum absolute atomic E-state index is 13.2. The molecular formula is C24H21NO3S. The number of aliphatic hydroxyl groups is 1. The maximum atomic E-state index is 13.2. The van der Waals surface area contributed by atoms with E-state index in [1.54, 1.807) is 29.2 Å². The third-order valence-corrected chi connectivity index (χ3v) is 6.11. The van der Waals surface area contributed by atoms with Crippen LogP contribution in [0.4, 0.5) is 5.69 Å². The topological polar surface area (TPSA) is 57.6 Å². The summed E-state index contributed by atoms with van der Waals surface area (Å²) in [6, 6.07) is 20.6. The van der Waals surface area contributed by atoms with Gasteiger partial charge in [0, 0.05) is 17.0 Å². The molecule has 5 heteroatoms. The van der Waals surface area contributed by atoms with Crippen LogP contribution in [0, 0.1) is 6.92 Å². The van der Waals surface area contributed by atoms with E-state index in [0.29, 0.717) is 22.7 Å². The fourth-order valence-corrected chi connectivity index (χ4v) is 4.43. The summed E-state index contributed by atoms with van der Waals surface area (Å²) < 4.78 is 0. The second-order valence-electron chi connectivity index (χ2n) is 7.12. The van der Waals surface area contributed by atoms with Crippen LogP contribution in [0.5, 0.6) is 0 Å². The lowest BCUT2D eigenvalue weighted by molar-refractivity contribution is -0.135. The number of carbonyl (C=O) groups is 2. The number of Topliss-reactive ketones (excluding diaryl/α,β-unsaturated/α-hetero) is 1. The number of ketones is 1. The molecule has 0 saturated carbocycles. The average molecular weight is 404 g/mol. The fourth-order valence-electron chi connectivity index (χ4n) is 3.62. The van der Waals surface area contributed by atoms with E-state index >= 15 is 0 Å². The Labute approximate surface area is 173 Å². The summed E-state index contributed by atoms with van der Waals surface area (Å²) in [5.41, 5.74) is 0.324. The first-order valence-electron chi connectivity index (χ1n) is 9.44. The van der Waals surface area contributed by atoms with E-state index in [4.69, 9.17) is 0 Å². The zero-order valence-electron chi connectivity index (χ0n) is 16.0. The highest BCUT2D eigenvalue weighted by molar-refractivity contribution is 7.14. The molecule has 1 amide bonds. The summed E-state index contributed by atoms with van der Waals surface area (Å²) in [5, 5.41) is 11.3. The Hall–Kier alpha value is -3.02. The van der Waals surface area contributed by atoms with Gasteiger partial charge in [-0.3, -0.25) is 9.59 Å². The van der Waals surface area contributed by atoms with Gasteiger partial charge in [0.2, 0.25) is 0 Å². The molecule has 4 rings (SSSR count). The maximum Gasteiger partial charge on any atom is 0.264 e. The SMILES string of the molecule is Cc1ccc(C(=O)CC2(O)C(=O)N(C/C=C/c3ccccc3)c3ccccc32)s1. The predicted octanol–water partition coefficient (Wildman–Crippen LogP) is 4.58. The highest BCUT2D eigenvalue weighted by Crippen LogP contribution is 2.43. The first-order valence-corrected chi connectivity index (χ1v) is 10.3. The lowest BCUT2D eigenvalue weighted by atomic mass is 9.89. The molecular weight excluding hydrogens is 382 g/mol. The van der Waals surface area contributed by atoms with E-state index in [1.807, 2.05) is 61.5 Å². The first-order chi connectivity index (χ1) is 14.0. The molecule has 3 aromatic rings. The third kappa shape index (κ3) is 3.67. The van der Waals surface area contributed by atoms with Crippen molar-refractivity contribution in [3.8, 4) is 0 Å². The Morgan fingerprint density at radius 3 is 2.52 bits per heavy atom. The van der Waals surface area contributed by atoms with Crippen LogP contribution in [0.3, 0.4) is 0 Å². The van der Waals surface area contributed by atoms with E-state index < -0.39 is 11.5 Å². The minimum Gasteiger partial charge on any atom is -0.375 e. The minimum atomic E-state index is -1.84. The average Bonchev–Trinajstić information content (AvgIpc) is 3.25. The van der Waals surface area contributed by atoms with E-state index in [2.05, 4.69) is 0 Å². The monoisotopic (exact) mass is 403 g/mol. The normalized spacial score (nSPS) is 18.4. The molecule has 1 aliphatic rings. The van der Waals surface area contributed by atoms with Gasteiger partial charge in [-0.1, -0.05) is 60.7 Å². The Morgan fingerprint density at radius 1 is 1.07 bits per heavy atom. The molecule has 1 N–H and O–H groups in total. The van der Waals surface area contributed by atoms with Crippen LogP contribution in [0.15, 0.2) is 72.8 Å². The zero-order valence-corrected chi connectivity index (χ0v) is 16.9. The molecule has 1 unspecified atom stereocenters. The molecule has 0 fully saturated rings. The number of anilines is 1. The number of para-hydroxylation sites is 1. The van der Waals surface area contributed by atoms with Crippen molar-refractivity contribution in [2.75, 3.05) is 11.4 Å². The number of rotatable bonds is 6. The van der Waals surface area contributed by atoms with Crippen molar-refractivity contribution in [1.29, 1.82) is 0 Å². The highest BCUT2D eigenvalue weighted by atomic mass is 32.1. The number of amides is 1. The number of hydrogen-bond donors (Lipinski definition) is 1. The smallest absolute Gasteiger partial charge is 0.264 e. The Bertz CT molecular complexity index is 1090. The fraction of sp³-hybridized carbons (Fsp3) is 0.167. The molecule has 0 aliphatic carbocycles. The van der Waals surface area contributed by atoms with E-state index in [0.717, 1.165) is 10.4 Å². The summed E-state index contributed by atoms with van der Waals surface area (Å²) in [5.74, 6) is -0.687. The number of benzene rings is 2. The molecule has 1 aromatic heterocycles. The van der Waals surface area contributed by atoms with Gasteiger partial charge in [0.15, 0.2) is 11.4 Å². The summed E-state index contributed by atoms with van der Waals surface area (Å²) in [4.78, 5) is 29.1. The quantitative estimate of drug-likeness (QED) is 0.613. The van der Waals surface area contributed by atoms with Gasteiger partial charge in [0.05, 0.1) is 17.0 Å². The molecule has 4 nitrogen and oxygen atoms in total. The van der Waals surface area contributed by atoms with Gasteiger partial charge in [-0.05, 0) is 30.7 Å². The highest BCUT2D eigenvalue weighted by Gasteiger charge is 2.50. The van der Waals surface area contributed by atoms with Gasteiger partial charge in [-0.25, -0.2) is 0 Å². The third-order valence-electron chi connectivity index (χ3n) is 5.07. The van der Waals surface area contributed by atoms with Crippen LogP contribution in [0.2, 0.25) is 0 Å². The van der Waals surface area contributed by atoms with Crippen molar-refractivity contribution >= 4 is 34.8 Å². The molecule has 0 saturated heterocycles. The van der Waals surface area contributed by atoms with Gasteiger partial charge in [0.25, 0.3) is 5.91 Å². The molecule has 0 bridgehead atoms. The Kier molecular flexibility index (Phi) is 5.18. The van der Waals surface area contributed by atoms with Crippen molar-refractivity contribution < 1.29 is 14.7 Å². The van der Waals surface area contributed by atoms with E-state index in [9.17, 15) is 14.7 Å². The standard InChI is InChI=1S/C24H21NO3S/c1-17-13-14-22(29-17)21(26)16-24(28)19-11-5-6-12-20(19)25(23(24)27)15-7-10-18-8-3-2-4-9-18/h2-14,28H,15-16H2,1H3/b10-7+. The van der Waals surface area contributed by atoms with Crippen molar-refractivity contribution in [3.05, 3.63) is 93.7 Å². The molecule has 2 aromatic carbocycles. The van der Waals surface area contributed by atoms with Crippen LogP contribution in [-0.4, -0.2) is 23.3 Å². The van der Waals surface area contributed by atoms with Crippen molar-refractivity contribution in [3.63, 3.8) is 0 Å². The molecule has 2 heterocycles.